The SMILES string of the molecule is COC1(C(F)(F)F)CN(C(O)Nc2cnc(-n3nccn3)c(Cl)c2)c2cnc3cc(Cl)nn3c21. The van der Waals surface area contributed by atoms with Crippen LogP contribution < -0.4 is 10.2 Å². The van der Waals surface area contributed by atoms with Crippen LogP contribution in [-0.2, 0) is 10.3 Å². The van der Waals surface area contributed by atoms with Crippen LogP contribution in [0.4, 0.5) is 24.5 Å². The number of rotatable bonds is 5. The molecule has 0 saturated heterocycles. The largest absolute Gasteiger partial charge is 0.425 e. The van der Waals surface area contributed by atoms with Crippen molar-refractivity contribution in [2.45, 2.75) is 18.1 Å². The molecule has 0 aliphatic carbocycles. The quantitative estimate of drug-likeness (QED) is 0.386. The van der Waals surface area contributed by atoms with Crippen molar-refractivity contribution in [2.75, 3.05) is 23.9 Å². The first-order valence-electron chi connectivity index (χ1n) is 9.55. The Balaban J connectivity index is 1.53. The lowest BCUT2D eigenvalue weighted by atomic mass is 10.0. The zero-order valence-electron chi connectivity index (χ0n) is 17.1. The van der Waals surface area contributed by atoms with E-state index in [0.717, 1.165) is 16.5 Å². The Labute approximate surface area is 198 Å². The fourth-order valence-electron chi connectivity index (χ4n) is 3.81. The number of ether oxygens (including phenoxy) is 1. The van der Waals surface area contributed by atoms with Crippen LogP contribution in [0.5, 0.6) is 0 Å². The van der Waals surface area contributed by atoms with Crippen molar-refractivity contribution in [3.05, 3.63) is 52.8 Å². The molecule has 2 unspecified atom stereocenters. The maximum atomic E-state index is 14.3. The number of alkyl halides is 3. The van der Waals surface area contributed by atoms with E-state index in [4.69, 9.17) is 27.9 Å². The summed E-state index contributed by atoms with van der Waals surface area (Å²) >= 11 is 12.1. The van der Waals surface area contributed by atoms with Gasteiger partial charge in [0.05, 0.1) is 47.7 Å². The second kappa shape index (κ2) is 7.94. The summed E-state index contributed by atoms with van der Waals surface area (Å²) in [5.74, 6) is 0.232. The van der Waals surface area contributed by atoms with Gasteiger partial charge in [-0.05, 0) is 6.07 Å². The Hall–Kier alpha value is -3.20. The Morgan fingerprint density at radius 2 is 1.91 bits per heavy atom. The standard InChI is InChI=1S/C18H14Cl2F3N9O2/c1-34-17(18(21,22)23)8-30(11-7-24-13-5-12(20)29-31(13)14(11)17)16(33)28-9-4-10(19)15(25-6-9)32-26-2-3-27-32/h2-7,16,28,33H,8H2,1H3. The van der Waals surface area contributed by atoms with E-state index in [2.05, 4.69) is 30.6 Å². The average Bonchev–Trinajstić information content (AvgIpc) is 3.49. The van der Waals surface area contributed by atoms with Crippen molar-refractivity contribution < 1.29 is 23.0 Å². The number of nitrogens with zero attached hydrogens (tertiary/aromatic N) is 8. The van der Waals surface area contributed by atoms with Crippen LogP contribution in [0.25, 0.3) is 11.5 Å². The molecule has 178 valence electrons. The summed E-state index contributed by atoms with van der Waals surface area (Å²) < 4.78 is 49.0. The minimum Gasteiger partial charge on any atom is -0.362 e. The summed E-state index contributed by atoms with van der Waals surface area (Å²) in [7, 11) is 0.934. The summed E-state index contributed by atoms with van der Waals surface area (Å²) in [6, 6.07) is 2.75. The number of hydrogen-bond acceptors (Lipinski definition) is 9. The van der Waals surface area contributed by atoms with Crippen molar-refractivity contribution in [3.8, 4) is 5.82 Å². The predicted octanol–water partition coefficient (Wildman–Crippen LogP) is 2.62. The van der Waals surface area contributed by atoms with E-state index < -0.39 is 24.7 Å². The molecule has 34 heavy (non-hydrogen) atoms. The Morgan fingerprint density at radius 1 is 1.18 bits per heavy atom. The lowest BCUT2D eigenvalue weighted by molar-refractivity contribution is -0.271. The van der Waals surface area contributed by atoms with Crippen LogP contribution in [-0.4, -0.2) is 65.9 Å². The highest BCUT2D eigenvalue weighted by atomic mass is 35.5. The molecule has 1 aliphatic heterocycles. The number of hydrogen-bond donors (Lipinski definition) is 2. The number of halogens is 5. The van der Waals surface area contributed by atoms with Crippen LogP contribution in [0.3, 0.4) is 0 Å². The molecule has 16 heteroatoms. The highest BCUT2D eigenvalue weighted by Crippen LogP contribution is 2.51. The fraction of sp³-hybridized carbons (Fsp3) is 0.278. The number of pyridine rings is 1. The highest BCUT2D eigenvalue weighted by Gasteiger charge is 2.64. The van der Waals surface area contributed by atoms with Gasteiger partial charge >= 0.3 is 6.18 Å². The molecule has 0 aromatic carbocycles. The topological polar surface area (TPSA) is 119 Å². The molecule has 0 radical (unpaired) electrons. The first-order chi connectivity index (χ1) is 16.1. The molecule has 4 aromatic heterocycles. The molecule has 4 aromatic rings. The molecular weight excluding hydrogens is 502 g/mol. The number of aliphatic hydroxyl groups excluding tert-OH is 1. The van der Waals surface area contributed by atoms with E-state index in [9.17, 15) is 18.3 Å². The third-order valence-electron chi connectivity index (χ3n) is 5.35. The van der Waals surface area contributed by atoms with Gasteiger partial charge in [0.1, 0.15) is 5.69 Å². The van der Waals surface area contributed by atoms with Gasteiger partial charge in [-0.15, -0.1) is 4.80 Å². The lowest BCUT2D eigenvalue weighted by Crippen LogP contribution is -2.51. The van der Waals surface area contributed by atoms with Gasteiger partial charge < -0.3 is 20.1 Å². The molecular formula is C18H14Cl2F3N9O2. The van der Waals surface area contributed by atoms with Gasteiger partial charge in [0.2, 0.25) is 12.0 Å². The first kappa shape index (κ1) is 22.6. The van der Waals surface area contributed by atoms with Gasteiger partial charge in [-0.1, -0.05) is 23.2 Å². The zero-order chi connectivity index (χ0) is 24.3. The number of nitrogens with one attached hydrogen (secondary N) is 1. The van der Waals surface area contributed by atoms with E-state index >= 15 is 0 Å². The van der Waals surface area contributed by atoms with Crippen LogP contribution in [0, 0.1) is 0 Å². The van der Waals surface area contributed by atoms with Crippen LogP contribution >= 0.6 is 23.2 Å². The number of methoxy groups -OCH3 is 1. The molecule has 0 spiro atoms. The van der Waals surface area contributed by atoms with Crippen molar-refractivity contribution in [3.63, 3.8) is 0 Å². The van der Waals surface area contributed by atoms with E-state index in [1.807, 2.05) is 0 Å². The van der Waals surface area contributed by atoms with E-state index in [1.165, 1.54) is 41.7 Å². The molecule has 1 aliphatic rings. The molecule has 0 fully saturated rings. The van der Waals surface area contributed by atoms with Gasteiger partial charge in [-0.25, -0.2) is 14.5 Å². The maximum absolute atomic E-state index is 14.3. The highest BCUT2D eigenvalue weighted by molar-refractivity contribution is 6.32. The van der Waals surface area contributed by atoms with E-state index in [-0.39, 0.29) is 38.7 Å². The second-order valence-corrected chi connectivity index (χ2v) is 8.05. The smallest absolute Gasteiger partial charge is 0.362 e. The number of anilines is 2. The number of aliphatic hydroxyl groups is 1. The minimum absolute atomic E-state index is 0.0438. The third-order valence-corrected chi connectivity index (χ3v) is 5.81. The first-order valence-corrected chi connectivity index (χ1v) is 10.3. The van der Waals surface area contributed by atoms with Crippen molar-refractivity contribution in [2.24, 2.45) is 0 Å². The fourth-order valence-corrected chi connectivity index (χ4v) is 4.23. The Kier molecular flexibility index (Phi) is 5.27. The minimum atomic E-state index is -4.86. The maximum Gasteiger partial charge on any atom is 0.425 e. The van der Waals surface area contributed by atoms with Crippen LogP contribution in [0.1, 0.15) is 5.69 Å². The summed E-state index contributed by atoms with van der Waals surface area (Å²) in [4.78, 5) is 10.5. The summed E-state index contributed by atoms with van der Waals surface area (Å²) in [5.41, 5.74) is -2.91. The number of fused-ring (bicyclic) bond motifs is 3. The molecule has 2 N–H and O–H groups in total. The van der Waals surface area contributed by atoms with Crippen LogP contribution in [0.2, 0.25) is 10.2 Å². The lowest BCUT2D eigenvalue weighted by Gasteiger charge is -2.32. The molecule has 0 saturated carbocycles. The monoisotopic (exact) mass is 515 g/mol. The second-order valence-electron chi connectivity index (χ2n) is 7.25. The molecule has 2 atom stereocenters. The van der Waals surface area contributed by atoms with Crippen molar-refractivity contribution in [1.82, 2.24) is 34.6 Å². The summed E-state index contributed by atoms with van der Waals surface area (Å²) in [5, 5.41) is 25.5. The Bertz CT molecular complexity index is 1360. The van der Waals surface area contributed by atoms with Gasteiger partial charge in [0.25, 0.3) is 0 Å². The van der Waals surface area contributed by atoms with Crippen LogP contribution in [0.15, 0.2) is 36.9 Å². The van der Waals surface area contributed by atoms with Gasteiger partial charge in [0.15, 0.2) is 16.6 Å². The summed E-state index contributed by atoms with van der Waals surface area (Å²) in [6.45, 7) is -0.786. The molecule has 5 heterocycles. The van der Waals surface area contributed by atoms with E-state index in [0.29, 0.717) is 0 Å². The third kappa shape index (κ3) is 3.41. The van der Waals surface area contributed by atoms with Gasteiger partial charge in [0, 0.05) is 13.2 Å². The summed E-state index contributed by atoms with van der Waals surface area (Å²) in [6.07, 6.45) is -1.10. The Morgan fingerprint density at radius 3 is 2.56 bits per heavy atom. The van der Waals surface area contributed by atoms with Crippen molar-refractivity contribution in [1.29, 1.82) is 0 Å². The van der Waals surface area contributed by atoms with Gasteiger partial charge in [-0.3, -0.25) is 0 Å². The van der Waals surface area contributed by atoms with Gasteiger partial charge in [-0.2, -0.15) is 28.5 Å². The molecule has 5 rings (SSSR count). The van der Waals surface area contributed by atoms with Crippen molar-refractivity contribution >= 4 is 40.2 Å². The molecule has 0 amide bonds. The van der Waals surface area contributed by atoms with E-state index in [1.54, 1.807) is 0 Å². The molecule has 0 bridgehead atoms. The number of aromatic nitrogens is 7. The average molecular weight is 516 g/mol. The molecule has 11 nitrogen and oxygen atoms in total. The zero-order valence-corrected chi connectivity index (χ0v) is 18.6. The predicted molar refractivity (Wildman–Crippen MR) is 114 cm³/mol. The normalized spacial score (nSPS) is 19.0.